The van der Waals surface area contributed by atoms with Gasteiger partial charge in [-0.25, -0.2) is 0 Å². The van der Waals surface area contributed by atoms with Crippen LogP contribution < -0.4 is 4.74 Å². The van der Waals surface area contributed by atoms with Gasteiger partial charge in [0.25, 0.3) is 0 Å². The molecule has 16 heavy (non-hydrogen) atoms. The summed E-state index contributed by atoms with van der Waals surface area (Å²) in [5.74, 6) is 1.10. The lowest BCUT2D eigenvalue weighted by Gasteiger charge is -2.21. The van der Waals surface area contributed by atoms with Gasteiger partial charge in [0, 0.05) is 16.5 Å². The molecule has 0 amide bonds. The normalized spacial score (nSPS) is 25.1. The topological polar surface area (TPSA) is 9.23 Å². The van der Waals surface area contributed by atoms with Gasteiger partial charge in [0.2, 0.25) is 0 Å². The predicted molar refractivity (Wildman–Crippen MR) is 69.6 cm³/mol. The number of alkyl halides is 1. The summed E-state index contributed by atoms with van der Waals surface area (Å²) in [7, 11) is 0. The molecule has 2 aliphatic rings. The molecule has 1 heterocycles. The van der Waals surface area contributed by atoms with Crippen LogP contribution in [0.2, 0.25) is 0 Å². The van der Waals surface area contributed by atoms with Gasteiger partial charge in [0.15, 0.2) is 0 Å². The first kappa shape index (κ1) is 10.9. The first-order valence-corrected chi connectivity index (χ1v) is 6.86. The van der Waals surface area contributed by atoms with Crippen LogP contribution in [0.1, 0.15) is 42.3 Å². The highest BCUT2D eigenvalue weighted by Gasteiger charge is 2.41. The lowest BCUT2D eigenvalue weighted by Crippen LogP contribution is -2.13. The minimum Gasteiger partial charge on any atom is -0.493 e. The number of fused-ring (bicyclic) bond motifs is 3. The van der Waals surface area contributed by atoms with Gasteiger partial charge in [-0.3, -0.25) is 0 Å². The van der Waals surface area contributed by atoms with E-state index in [1.54, 1.807) is 0 Å². The molecule has 3 heteroatoms. The maximum Gasteiger partial charge on any atom is 0.126 e. The van der Waals surface area contributed by atoms with Crippen molar-refractivity contribution < 1.29 is 4.74 Å². The molecule has 1 nitrogen and oxygen atoms in total. The van der Waals surface area contributed by atoms with E-state index in [0.29, 0.717) is 0 Å². The van der Waals surface area contributed by atoms with Crippen LogP contribution in [0, 0.1) is 0 Å². The van der Waals surface area contributed by atoms with Crippen molar-refractivity contribution in [2.45, 2.75) is 37.5 Å². The highest BCUT2D eigenvalue weighted by molar-refractivity contribution is 9.10. The molecular weight excluding hydrogens is 287 g/mol. The van der Waals surface area contributed by atoms with Crippen LogP contribution in [0.4, 0.5) is 0 Å². The van der Waals surface area contributed by atoms with Crippen molar-refractivity contribution in [3.8, 4) is 5.75 Å². The fraction of sp³-hybridized carbons (Fsp3) is 0.538. The quantitative estimate of drug-likeness (QED) is 0.648. The Labute approximate surface area is 109 Å². The first-order chi connectivity index (χ1) is 7.50. The molecule has 1 aromatic rings. The smallest absolute Gasteiger partial charge is 0.126 e. The monoisotopic (exact) mass is 300 g/mol. The molecule has 0 bridgehead atoms. The largest absolute Gasteiger partial charge is 0.493 e. The van der Waals surface area contributed by atoms with Gasteiger partial charge in [-0.15, -0.1) is 11.6 Å². The van der Waals surface area contributed by atoms with Crippen molar-refractivity contribution in [2.24, 2.45) is 0 Å². The maximum absolute atomic E-state index is 6.45. The summed E-state index contributed by atoms with van der Waals surface area (Å²) >= 11 is 10.1. The summed E-state index contributed by atoms with van der Waals surface area (Å²) in [4.78, 5) is 0. The Morgan fingerprint density at radius 3 is 3.00 bits per heavy atom. The van der Waals surface area contributed by atoms with Crippen LogP contribution in [-0.4, -0.2) is 6.61 Å². The van der Waals surface area contributed by atoms with Crippen LogP contribution in [0.3, 0.4) is 0 Å². The molecule has 0 saturated carbocycles. The van der Waals surface area contributed by atoms with E-state index in [0.717, 1.165) is 29.7 Å². The lowest BCUT2D eigenvalue weighted by molar-refractivity contribution is 0.346. The Hall–Kier alpha value is -0.210. The molecule has 0 fully saturated rings. The van der Waals surface area contributed by atoms with Crippen LogP contribution in [0.5, 0.6) is 5.75 Å². The van der Waals surface area contributed by atoms with E-state index in [1.807, 2.05) is 0 Å². The second-order valence-corrected chi connectivity index (χ2v) is 6.67. The third kappa shape index (κ3) is 1.36. The molecule has 0 saturated heterocycles. The zero-order chi connectivity index (χ0) is 11.5. The number of rotatable bonds is 0. The van der Waals surface area contributed by atoms with Gasteiger partial charge in [-0.05, 0) is 29.0 Å². The fourth-order valence-corrected chi connectivity index (χ4v) is 4.44. The average molecular weight is 302 g/mol. The Kier molecular flexibility index (Phi) is 2.31. The predicted octanol–water partition coefficient (Wildman–Crippen LogP) is 4.35. The second-order valence-electron chi connectivity index (χ2n) is 5.29. The van der Waals surface area contributed by atoms with Gasteiger partial charge in [0.05, 0.1) is 12.0 Å². The van der Waals surface area contributed by atoms with E-state index in [2.05, 4.69) is 35.8 Å². The second kappa shape index (κ2) is 3.39. The zero-order valence-corrected chi connectivity index (χ0v) is 11.8. The van der Waals surface area contributed by atoms with Crippen molar-refractivity contribution in [3.05, 3.63) is 27.2 Å². The Morgan fingerprint density at radius 2 is 2.25 bits per heavy atom. The van der Waals surface area contributed by atoms with Crippen molar-refractivity contribution >= 4 is 27.5 Å². The van der Waals surface area contributed by atoms with Crippen LogP contribution >= 0.6 is 27.5 Å². The Morgan fingerprint density at radius 1 is 1.50 bits per heavy atom. The number of hydrogen-bond donors (Lipinski definition) is 0. The molecule has 1 aliphatic carbocycles. The van der Waals surface area contributed by atoms with Crippen molar-refractivity contribution in [2.75, 3.05) is 6.61 Å². The molecule has 86 valence electrons. The minimum atomic E-state index is 0.105. The summed E-state index contributed by atoms with van der Waals surface area (Å²) in [6, 6.07) is 2.18. The van der Waals surface area contributed by atoms with E-state index in [4.69, 9.17) is 16.3 Å². The standard InChI is InChI=1S/C13H14BrClO/c1-13(2)6-9(15)10-8(14)5-7-3-4-16-12(7)11(10)13/h5,9H,3-4,6H2,1-2H3. The number of benzene rings is 1. The van der Waals surface area contributed by atoms with Gasteiger partial charge in [-0.2, -0.15) is 0 Å². The van der Waals surface area contributed by atoms with Crippen molar-refractivity contribution in [1.29, 1.82) is 0 Å². The van der Waals surface area contributed by atoms with E-state index >= 15 is 0 Å². The van der Waals surface area contributed by atoms with E-state index in [-0.39, 0.29) is 10.8 Å². The minimum absolute atomic E-state index is 0.105. The molecule has 3 rings (SSSR count). The highest BCUT2D eigenvalue weighted by atomic mass is 79.9. The lowest BCUT2D eigenvalue weighted by atomic mass is 9.85. The van der Waals surface area contributed by atoms with Gasteiger partial charge < -0.3 is 4.74 Å². The molecule has 0 N–H and O–H groups in total. The summed E-state index contributed by atoms with van der Waals surface area (Å²) in [6.45, 7) is 5.31. The Bertz CT molecular complexity index is 467. The van der Waals surface area contributed by atoms with Gasteiger partial charge in [0.1, 0.15) is 5.75 Å². The number of hydrogen-bond acceptors (Lipinski definition) is 1. The summed E-state index contributed by atoms with van der Waals surface area (Å²) in [5, 5.41) is 0.105. The fourth-order valence-electron chi connectivity index (χ4n) is 2.94. The van der Waals surface area contributed by atoms with Crippen LogP contribution in [-0.2, 0) is 11.8 Å². The third-order valence-corrected chi connectivity index (χ3v) is 4.67. The summed E-state index contributed by atoms with van der Waals surface area (Å²) in [5.41, 5.74) is 4.02. The first-order valence-electron chi connectivity index (χ1n) is 5.63. The zero-order valence-electron chi connectivity index (χ0n) is 9.44. The molecule has 1 unspecified atom stereocenters. The molecule has 1 atom stereocenters. The summed E-state index contributed by atoms with van der Waals surface area (Å²) < 4.78 is 6.95. The SMILES string of the molecule is CC1(C)CC(Cl)c2c(Br)cc3c(c21)OCC3. The number of ether oxygens (including phenoxy) is 1. The molecule has 1 aromatic carbocycles. The average Bonchev–Trinajstić information content (AvgIpc) is 2.68. The van der Waals surface area contributed by atoms with Gasteiger partial charge >= 0.3 is 0 Å². The molecular formula is C13H14BrClO. The van der Waals surface area contributed by atoms with E-state index in [1.165, 1.54) is 16.7 Å². The Balaban J connectivity index is 2.33. The number of halogens is 2. The van der Waals surface area contributed by atoms with Crippen molar-refractivity contribution in [1.82, 2.24) is 0 Å². The van der Waals surface area contributed by atoms with Crippen LogP contribution in [0.15, 0.2) is 10.5 Å². The third-order valence-electron chi connectivity index (χ3n) is 3.64. The van der Waals surface area contributed by atoms with Crippen molar-refractivity contribution in [3.63, 3.8) is 0 Å². The maximum atomic E-state index is 6.45. The van der Waals surface area contributed by atoms with Crippen LogP contribution in [0.25, 0.3) is 0 Å². The molecule has 0 aromatic heterocycles. The van der Waals surface area contributed by atoms with E-state index in [9.17, 15) is 0 Å². The highest BCUT2D eigenvalue weighted by Crippen LogP contribution is 2.55. The molecule has 0 spiro atoms. The van der Waals surface area contributed by atoms with Gasteiger partial charge in [-0.1, -0.05) is 29.8 Å². The molecule has 0 radical (unpaired) electrons. The summed E-state index contributed by atoms with van der Waals surface area (Å²) in [6.07, 6.45) is 2.01. The molecule has 1 aliphatic heterocycles. The van der Waals surface area contributed by atoms with E-state index < -0.39 is 0 Å².